The maximum atomic E-state index is 13.3. The smallest absolute Gasteiger partial charge is 0.265 e. The van der Waals surface area contributed by atoms with Crippen molar-refractivity contribution in [1.29, 1.82) is 0 Å². The lowest BCUT2D eigenvalue weighted by atomic mass is 10.1. The monoisotopic (exact) mass is 448 g/mol. The first-order valence-electron chi connectivity index (χ1n) is 9.88. The van der Waals surface area contributed by atoms with Gasteiger partial charge in [-0.2, -0.15) is 0 Å². The summed E-state index contributed by atoms with van der Waals surface area (Å²) in [6.07, 6.45) is 1.87. The first kappa shape index (κ1) is 21.2. The zero-order chi connectivity index (χ0) is 21.8. The quantitative estimate of drug-likeness (QED) is 0.528. The number of amides is 2. The molecule has 2 amide bonds. The lowest BCUT2D eigenvalue weighted by molar-refractivity contribution is -0.122. The summed E-state index contributed by atoms with van der Waals surface area (Å²) in [6, 6.07) is 23.0. The second-order valence-electron chi connectivity index (χ2n) is 7.25. The summed E-state index contributed by atoms with van der Waals surface area (Å²) in [4.78, 5) is 29.0. The molecule has 0 spiro atoms. The zero-order valence-corrected chi connectivity index (χ0v) is 18.5. The van der Waals surface area contributed by atoms with E-state index in [1.807, 2.05) is 79.7 Å². The minimum absolute atomic E-state index is 0.0634. The fourth-order valence-corrected chi connectivity index (χ4v) is 4.53. The molecule has 0 saturated carbocycles. The van der Waals surface area contributed by atoms with Crippen LogP contribution in [0.1, 0.15) is 16.7 Å². The van der Waals surface area contributed by atoms with Gasteiger partial charge < -0.3 is 5.32 Å². The summed E-state index contributed by atoms with van der Waals surface area (Å²) in [5, 5.41) is 3.46. The van der Waals surface area contributed by atoms with Crippen LogP contribution in [0.25, 0.3) is 6.08 Å². The molecule has 156 valence electrons. The van der Waals surface area contributed by atoms with Gasteiger partial charge in [0.1, 0.15) is 6.54 Å². The molecule has 0 aromatic heterocycles. The standard InChI is InChI=1S/C25H21ClN2O2S/c1-17-10-12-18(13-11-17)14-23-25(30)28(21-8-4-5-9-22(21)31-23)16-24(29)27-15-19-6-2-3-7-20(19)26/h2-14H,15-16H2,1H3,(H,27,29)/b23-14+. The molecular formula is C25H21ClN2O2S. The molecule has 4 rings (SSSR count). The Morgan fingerprint density at radius 1 is 1.03 bits per heavy atom. The van der Waals surface area contributed by atoms with Crippen LogP contribution in [-0.2, 0) is 16.1 Å². The molecule has 3 aromatic carbocycles. The van der Waals surface area contributed by atoms with Crippen LogP contribution in [0, 0.1) is 6.92 Å². The molecule has 0 atom stereocenters. The van der Waals surface area contributed by atoms with Gasteiger partial charge in [0.05, 0.1) is 10.6 Å². The molecule has 0 unspecified atom stereocenters. The Hall–Kier alpha value is -3.02. The maximum absolute atomic E-state index is 13.3. The molecule has 0 aliphatic carbocycles. The van der Waals surface area contributed by atoms with Crippen LogP contribution in [0.4, 0.5) is 5.69 Å². The van der Waals surface area contributed by atoms with E-state index in [9.17, 15) is 9.59 Å². The lowest BCUT2D eigenvalue weighted by Gasteiger charge is -2.29. The number of para-hydroxylation sites is 1. The van der Waals surface area contributed by atoms with Crippen LogP contribution in [0.5, 0.6) is 0 Å². The molecule has 0 saturated heterocycles. The largest absolute Gasteiger partial charge is 0.350 e. The molecule has 3 aromatic rings. The summed E-state index contributed by atoms with van der Waals surface area (Å²) in [6.45, 7) is 2.27. The summed E-state index contributed by atoms with van der Waals surface area (Å²) in [5.74, 6) is -0.429. The van der Waals surface area contributed by atoms with Gasteiger partial charge in [0, 0.05) is 16.5 Å². The topological polar surface area (TPSA) is 49.4 Å². The minimum atomic E-state index is -0.246. The Morgan fingerprint density at radius 3 is 2.52 bits per heavy atom. The molecule has 4 nitrogen and oxygen atoms in total. The Balaban J connectivity index is 1.55. The van der Waals surface area contributed by atoms with E-state index < -0.39 is 0 Å². The maximum Gasteiger partial charge on any atom is 0.265 e. The molecule has 1 heterocycles. The van der Waals surface area contributed by atoms with Gasteiger partial charge in [0.25, 0.3) is 5.91 Å². The highest BCUT2D eigenvalue weighted by atomic mass is 35.5. The average Bonchev–Trinajstić information content (AvgIpc) is 2.77. The molecule has 31 heavy (non-hydrogen) atoms. The second-order valence-corrected chi connectivity index (χ2v) is 8.74. The Kier molecular flexibility index (Phi) is 6.44. The van der Waals surface area contributed by atoms with E-state index in [-0.39, 0.29) is 18.4 Å². The average molecular weight is 449 g/mol. The van der Waals surface area contributed by atoms with Crippen molar-refractivity contribution < 1.29 is 9.59 Å². The number of nitrogens with zero attached hydrogens (tertiary/aromatic N) is 1. The first-order valence-corrected chi connectivity index (χ1v) is 11.1. The van der Waals surface area contributed by atoms with E-state index in [4.69, 9.17) is 11.6 Å². The van der Waals surface area contributed by atoms with Crippen molar-refractivity contribution in [3.05, 3.63) is 99.4 Å². The van der Waals surface area contributed by atoms with E-state index in [0.29, 0.717) is 16.5 Å². The van der Waals surface area contributed by atoms with Crippen molar-refractivity contribution in [3.8, 4) is 0 Å². The number of anilines is 1. The number of thioether (sulfide) groups is 1. The van der Waals surface area contributed by atoms with Gasteiger partial charge in [-0.15, -0.1) is 0 Å². The number of aryl methyl sites for hydroxylation is 1. The van der Waals surface area contributed by atoms with Gasteiger partial charge in [-0.25, -0.2) is 0 Å². The van der Waals surface area contributed by atoms with Crippen molar-refractivity contribution >= 4 is 46.9 Å². The normalized spacial score (nSPS) is 14.5. The predicted octanol–water partition coefficient (Wildman–Crippen LogP) is 5.44. The van der Waals surface area contributed by atoms with E-state index in [2.05, 4.69) is 5.32 Å². The summed E-state index contributed by atoms with van der Waals surface area (Å²) in [5.41, 5.74) is 3.68. The van der Waals surface area contributed by atoms with Gasteiger partial charge in [-0.05, 0) is 42.3 Å². The number of hydrogen-bond acceptors (Lipinski definition) is 3. The van der Waals surface area contributed by atoms with Gasteiger partial charge in [0.2, 0.25) is 5.91 Å². The Morgan fingerprint density at radius 2 is 1.74 bits per heavy atom. The number of hydrogen-bond donors (Lipinski definition) is 1. The van der Waals surface area contributed by atoms with Crippen molar-refractivity contribution in [2.45, 2.75) is 18.4 Å². The van der Waals surface area contributed by atoms with E-state index in [1.165, 1.54) is 16.7 Å². The van der Waals surface area contributed by atoms with Crippen molar-refractivity contribution in [2.24, 2.45) is 0 Å². The number of halogens is 1. The van der Waals surface area contributed by atoms with Gasteiger partial charge in [-0.1, -0.05) is 83.5 Å². The molecule has 6 heteroatoms. The lowest BCUT2D eigenvalue weighted by Crippen LogP contribution is -2.42. The fourth-order valence-electron chi connectivity index (χ4n) is 3.27. The van der Waals surface area contributed by atoms with Gasteiger partial charge in [0.15, 0.2) is 0 Å². The Labute approximate surface area is 190 Å². The van der Waals surface area contributed by atoms with E-state index >= 15 is 0 Å². The van der Waals surface area contributed by atoms with Crippen molar-refractivity contribution in [2.75, 3.05) is 11.4 Å². The van der Waals surface area contributed by atoms with E-state index in [1.54, 1.807) is 6.07 Å². The summed E-state index contributed by atoms with van der Waals surface area (Å²) in [7, 11) is 0. The highest BCUT2D eigenvalue weighted by Crippen LogP contribution is 2.41. The molecule has 1 aliphatic rings. The molecule has 1 N–H and O–H groups in total. The zero-order valence-electron chi connectivity index (χ0n) is 17.0. The van der Waals surface area contributed by atoms with E-state index in [0.717, 1.165) is 27.3 Å². The third kappa shape index (κ3) is 5.01. The molecule has 1 aliphatic heterocycles. The number of rotatable bonds is 5. The number of nitrogens with one attached hydrogen (secondary N) is 1. The summed E-state index contributed by atoms with van der Waals surface area (Å²) < 4.78 is 0. The van der Waals surface area contributed by atoms with Crippen LogP contribution < -0.4 is 10.2 Å². The number of benzene rings is 3. The van der Waals surface area contributed by atoms with Gasteiger partial charge >= 0.3 is 0 Å². The van der Waals surface area contributed by atoms with Crippen molar-refractivity contribution in [1.82, 2.24) is 5.32 Å². The third-order valence-electron chi connectivity index (χ3n) is 4.94. The Bertz CT molecular complexity index is 1160. The van der Waals surface area contributed by atoms with Crippen LogP contribution in [0.15, 0.2) is 82.6 Å². The predicted molar refractivity (Wildman–Crippen MR) is 127 cm³/mol. The third-order valence-corrected chi connectivity index (χ3v) is 6.39. The SMILES string of the molecule is Cc1ccc(/C=C2/Sc3ccccc3N(CC(=O)NCc3ccccc3Cl)C2=O)cc1. The highest BCUT2D eigenvalue weighted by molar-refractivity contribution is 8.04. The second kappa shape index (κ2) is 9.41. The molecule has 0 bridgehead atoms. The first-order chi connectivity index (χ1) is 15.0. The molecule has 0 fully saturated rings. The number of carbonyl (C=O) groups excluding carboxylic acids is 2. The number of fused-ring (bicyclic) bond motifs is 1. The molecule has 0 radical (unpaired) electrons. The summed E-state index contributed by atoms with van der Waals surface area (Å²) >= 11 is 7.60. The van der Waals surface area contributed by atoms with Crippen molar-refractivity contribution in [3.63, 3.8) is 0 Å². The molecular weight excluding hydrogens is 428 g/mol. The van der Waals surface area contributed by atoms with Crippen LogP contribution in [0.2, 0.25) is 5.02 Å². The highest BCUT2D eigenvalue weighted by Gasteiger charge is 2.30. The van der Waals surface area contributed by atoms with Gasteiger partial charge in [-0.3, -0.25) is 14.5 Å². The van der Waals surface area contributed by atoms with Crippen LogP contribution in [-0.4, -0.2) is 18.4 Å². The van der Waals surface area contributed by atoms with Crippen LogP contribution >= 0.6 is 23.4 Å². The number of carbonyl (C=O) groups is 2. The fraction of sp³-hybridized carbons (Fsp3) is 0.120. The van der Waals surface area contributed by atoms with Crippen LogP contribution in [0.3, 0.4) is 0 Å². The minimum Gasteiger partial charge on any atom is -0.350 e.